The van der Waals surface area contributed by atoms with Gasteiger partial charge < -0.3 is 5.32 Å². The number of aromatic nitrogens is 2. The Labute approximate surface area is 156 Å². The zero-order chi connectivity index (χ0) is 18.7. The lowest BCUT2D eigenvalue weighted by Crippen LogP contribution is -2.19. The molecule has 1 amide bonds. The Morgan fingerprint density at radius 3 is 2.73 bits per heavy atom. The Morgan fingerprint density at radius 1 is 1.23 bits per heavy atom. The van der Waals surface area contributed by atoms with Crippen LogP contribution in [0.3, 0.4) is 0 Å². The van der Waals surface area contributed by atoms with Crippen LogP contribution in [-0.4, -0.2) is 27.1 Å². The van der Waals surface area contributed by atoms with Gasteiger partial charge in [-0.2, -0.15) is 5.10 Å². The van der Waals surface area contributed by atoms with Gasteiger partial charge in [-0.3, -0.25) is 14.4 Å². The third-order valence-electron chi connectivity index (χ3n) is 5.00. The second kappa shape index (κ2) is 8.04. The molecule has 1 aliphatic heterocycles. The number of carbonyl (C=O) groups excluding carboxylic acids is 1. The van der Waals surface area contributed by atoms with E-state index in [0.717, 1.165) is 36.7 Å². The summed E-state index contributed by atoms with van der Waals surface area (Å²) < 4.78 is 1.90. The van der Waals surface area contributed by atoms with Crippen molar-refractivity contribution in [3.8, 4) is 0 Å². The molecule has 0 saturated carbocycles. The molecule has 0 radical (unpaired) electrons. The molecule has 2 aromatic rings. The molecule has 26 heavy (non-hydrogen) atoms. The van der Waals surface area contributed by atoms with Crippen molar-refractivity contribution in [2.24, 2.45) is 5.92 Å². The normalized spacial score (nSPS) is 14.0. The van der Waals surface area contributed by atoms with Crippen molar-refractivity contribution in [2.45, 2.75) is 60.2 Å². The van der Waals surface area contributed by atoms with Gasteiger partial charge in [-0.15, -0.1) is 0 Å². The van der Waals surface area contributed by atoms with E-state index < -0.39 is 0 Å². The lowest BCUT2D eigenvalue weighted by Gasteiger charge is -2.16. The average molecular weight is 354 g/mol. The van der Waals surface area contributed by atoms with Gasteiger partial charge >= 0.3 is 0 Å². The van der Waals surface area contributed by atoms with E-state index in [-0.39, 0.29) is 5.91 Å². The fourth-order valence-electron chi connectivity index (χ4n) is 3.53. The second-order valence-electron chi connectivity index (χ2n) is 7.78. The molecule has 140 valence electrons. The Kier molecular flexibility index (Phi) is 5.77. The summed E-state index contributed by atoms with van der Waals surface area (Å²) in [6, 6.07) is 8.28. The molecule has 0 unspecified atom stereocenters. The fraction of sp³-hybridized carbons (Fsp3) is 0.524. The Bertz CT molecular complexity index is 778. The van der Waals surface area contributed by atoms with E-state index in [0.29, 0.717) is 18.9 Å². The zero-order valence-electron chi connectivity index (χ0n) is 16.4. The van der Waals surface area contributed by atoms with Crippen molar-refractivity contribution in [3.63, 3.8) is 0 Å². The monoisotopic (exact) mass is 354 g/mol. The van der Waals surface area contributed by atoms with Crippen LogP contribution in [-0.2, 0) is 24.4 Å². The van der Waals surface area contributed by atoms with Gasteiger partial charge in [-0.25, -0.2) is 0 Å². The van der Waals surface area contributed by atoms with Crippen LogP contribution in [0, 0.1) is 19.8 Å². The quantitative estimate of drug-likeness (QED) is 0.821. The van der Waals surface area contributed by atoms with Gasteiger partial charge in [0, 0.05) is 37.4 Å². The van der Waals surface area contributed by atoms with E-state index in [2.05, 4.69) is 35.2 Å². The molecule has 0 atom stereocenters. The zero-order valence-corrected chi connectivity index (χ0v) is 16.4. The van der Waals surface area contributed by atoms with Crippen molar-refractivity contribution in [1.29, 1.82) is 0 Å². The molecule has 5 nitrogen and oxygen atoms in total. The summed E-state index contributed by atoms with van der Waals surface area (Å²) in [6.07, 6.45) is 1.64. The molecule has 0 saturated heterocycles. The molecule has 3 rings (SSSR count). The smallest absolute Gasteiger partial charge is 0.226 e. The number of nitrogens with zero attached hydrogens (tertiary/aromatic N) is 3. The minimum atomic E-state index is 0.0478. The first-order valence-electron chi connectivity index (χ1n) is 9.56. The summed E-state index contributed by atoms with van der Waals surface area (Å²) in [5, 5.41) is 7.54. The van der Waals surface area contributed by atoms with Crippen LogP contribution < -0.4 is 5.32 Å². The summed E-state index contributed by atoms with van der Waals surface area (Å²) in [6.45, 7) is 12.1. The number of aryl methyl sites for hydroxylation is 3. The maximum absolute atomic E-state index is 12.4. The summed E-state index contributed by atoms with van der Waals surface area (Å²) in [5.41, 5.74) is 5.66. The van der Waals surface area contributed by atoms with Gasteiger partial charge in [0.25, 0.3) is 0 Å². The first kappa shape index (κ1) is 18.6. The van der Waals surface area contributed by atoms with E-state index in [4.69, 9.17) is 0 Å². The van der Waals surface area contributed by atoms with Crippen molar-refractivity contribution in [1.82, 2.24) is 14.7 Å². The van der Waals surface area contributed by atoms with Gasteiger partial charge in [0.05, 0.1) is 5.69 Å². The molecule has 1 aliphatic rings. The lowest BCUT2D eigenvalue weighted by atomic mass is 10.1. The molecule has 1 aromatic carbocycles. The van der Waals surface area contributed by atoms with E-state index in [1.165, 1.54) is 17.5 Å². The third kappa shape index (κ3) is 4.52. The minimum Gasteiger partial charge on any atom is -0.326 e. The van der Waals surface area contributed by atoms with Gasteiger partial charge in [0.2, 0.25) is 5.91 Å². The fourth-order valence-corrected chi connectivity index (χ4v) is 3.53. The number of rotatable bonds is 7. The number of carbonyl (C=O) groups is 1. The van der Waals surface area contributed by atoms with Crippen molar-refractivity contribution >= 4 is 11.6 Å². The van der Waals surface area contributed by atoms with Gasteiger partial charge in [-0.1, -0.05) is 26.0 Å². The van der Waals surface area contributed by atoms with Crippen LogP contribution >= 0.6 is 0 Å². The average Bonchev–Trinajstić information content (AvgIpc) is 3.14. The van der Waals surface area contributed by atoms with E-state index in [9.17, 15) is 4.79 Å². The summed E-state index contributed by atoms with van der Waals surface area (Å²) in [5.74, 6) is 0.763. The van der Waals surface area contributed by atoms with Crippen LogP contribution in [0.15, 0.2) is 24.3 Å². The SMILES string of the molecule is Cc1cc(C)n(CCC(=O)Nc2cccc3c2CN(CCC(C)C)C3)n1. The minimum absolute atomic E-state index is 0.0478. The largest absolute Gasteiger partial charge is 0.326 e. The maximum Gasteiger partial charge on any atom is 0.226 e. The molecule has 1 N–H and O–H groups in total. The summed E-state index contributed by atoms with van der Waals surface area (Å²) in [4.78, 5) is 14.9. The van der Waals surface area contributed by atoms with Crippen LogP contribution in [0.4, 0.5) is 5.69 Å². The predicted molar refractivity (Wildman–Crippen MR) is 105 cm³/mol. The van der Waals surface area contributed by atoms with Crippen molar-refractivity contribution in [2.75, 3.05) is 11.9 Å². The van der Waals surface area contributed by atoms with Crippen LogP contribution in [0.1, 0.15) is 49.2 Å². The molecule has 0 spiro atoms. The Morgan fingerprint density at radius 2 is 2.04 bits per heavy atom. The Balaban J connectivity index is 1.58. The maximum atomic E-state index is 12.4. The van der Waals surface area contributed by atoms with E-state index in [1.807, 2.05) is 36.7 Å². The van der Waals surface area contributed by atoms with E-state index >= 15 is 0 Å². The van der Waals surface area contributed by atoms with Crippen molar-refractivity contribution < 1.29 is 4.79 Å². The molecule has 0 bridgehead atoms. The highest BCUT2D eigenvalue weighted by Gasteiger charge is 2.22. The third-order valence-corrected chi connectivity index (χ3v) is 5.00. The highest BCUT2D eigenvalue weighted by Crippen LogP contribution is 2.29. The molecule has 0 aliphatic carbocycles. The first-order chi connectivity index (χ1) is 12.4. The number of hydrogen-bond acceptors (Lipinski definition) is 3. The standard InChI is InChI=1S/C21H30N4O/c1-15(2)8-10-24-13-18-6-5-7-20(19(18)14-24)22-21(26)9-11-25-17(4)12-16(3)23-25/h5-7,12,15H,8-11,13-14H2,1-4H3,(H,22,26). The lowest BCUT2D eigenvalue weighted by molar-refractivity contribution is -0.116. The molecule has 0 fully saturated rings. The number of hydrogen-bond donors (Lipinski definition) is 1. The van der Waals surface area contributed by atoms with Crippen LogP contribution in [0.5, 0.6) is 0 Å². The highest BCUT2D eigenvalue weighted by molar-refractivity contribution is 5.91. The number of anilines is 1. The van der Waals surface area contributed by atoms with Crippen LogP contribution in [0.25, 0.3) is 0 Å². The topological polar surface area (TPSA) is 50.2 Å². The number of nitrogens with one attached hydrogen (secondary N) is 1. The van der Waals surface area contributed by atoms with Crippen molar-refractivity contribution in [3.05, 3.63) is 46.8 Å². The number of benzene rings is 1. The summed E-state index contributed by atoms with van der Waals surface area (Å²) >= 11 is 0. The first-order valence-corrected chi connectivity index (χ1v) is 9.56. The molecule has 5 heteroatoms. The van der Waals surface area contributed by atoms with Gasteiger partial charge in [0.1, 0.15) is 0 Å². The van der Waals surface area contributed by atoms with Crippen LogP contribution in [0.2, 0.25) is 0 Å². The highest BCUT2D eigenvalue weighted by atomic mass is 16.1. The molecular weight excluding hydrogens is 324 g/mol. The molecule has 2 heterocycles. The van der Waals surface area contributed by atoms with Gasteiger partial charge in [0.15, 0.2) is 0 Å². The summed E-state index contributed by atoms with van der Waals surface area (Å²) in [7, 11) is 0. The Hall–Kier alpha value is -2.14. The molecule has 1 aromatic heterocycles. The number of amides is 1. The van der Waals surface area contributed by atoms with Gasteiger partial charge in [-0.05, 0) is 56.0 Å². The number of fused-ring (bicyclic) bond motifs is 1. The predicted octanol–water partition coefficient (Wildman–Crippen LogP) is 3.89. The molecular formula is C21H30N4O. The van der Waals surface area contributed by atoms with E-state index in [1.54, 1.807) is 0 Å². The second-order valence-corrected chi connectivity index (χ2v) is 7.78.